The fraction of sp³-hybridized carbons (Fsp3) is 0.786. The summed E-state index contributed by atoms with van der Waals surface area (Å²) in [4.78, 5) is 11.6. The number of rotatable bonds is 4. The predicted octanol–water partition coefficient (Wildman–Crippen LogP) is 3.45. The molecule has 0 aromatic carbocycles. The van der Waals surface area contributed by atoms with E-state index in [0.29, 0.717) is 6.61 Å². The molecule has 1 saturated heterocycles. The Morgan fingerprint density at radius 3 is 2.72 bits per heavy atom. The lowest BCUT2D eigenvalue weighted by Gasteiger charge is -2.22. The molecule has 0 bridgehead atoms. The minimum atomic E-state index is -0.609. The van der Waals surface area contributed by atoms with E-state index in [-0.39, 0.29) is 12.2 Å². The van der Waals surface area contributed by atoms with Gasteiger partial charge in [0.2, 0.25) is 0 Å². The molecule has 2 atom stereocenters. The highest BCUT2D eigenvalue weighted by Gasteiger charge is 2.32. The maximum absolute atomic E-state index is 11.6. The van der Waals surface area contributed by atoms with Crippen molar-refractivity contribution in [2.45, 2.75) is 64.8 Å². The molecule has 0 amide bonds. The van der Waals surface area contributed by atoms with Crippen LogP contribution in [0.25, 0.3) is 0 Å². The van der Waals surface area contributed by atoms with Crippen molar-refractivity contribution in [2.24, 2.45) is 0 Å². The summed E-state index contributed by atoms with van der Waals surface area (Å²) in [6.45, 7) is 8.18. The maximum Gasteiger partial charge on any atom is 0.509 e. The van der Waals surface area contributed by atoms with Gasteiger partial charge >= 0.3 is 6.16 Å². The molecule has 0 spiro atoms. The van der Waals surface area contributed by atoms with Crippen LogP contribution in [0, 0.1) is 0 Å². The SMILES string of the molecule is CC/C=C\CC1OCCC1OC(=O)OC(C)(C)C. The van der Waals surface area contributed by atoms with Crippen LogP contribution in [0.1, 0.15) is 47.0 Å². The second kappa shape index (κ2) is 6.78. The molecule has 4 heteroatoms. The molecule has 1 rings (SSSR count). The second-order valence-corrected chi connectivity index (χ2v) is 5.43. The van der Waals surface area contributed by atoms with E-state index < -0.39 is 11.8 Å². The first-order valence-electron chi connectivity index (χ1n) is 6.58. The van der Waals surface area contributed by atoms with Crippen LogP contribution < -0.4 is 0 Å². The summed E-state index contributed by atoms with van der Waals surface area (Å²) in [5.74, 6) is 0. The summed E-state index contributed by atoms with van der Waals surface area (Å²) in [5.41, 5.74) is -0.520. The summed E-state index contributed by atoms with van der Waals surface area (Å²) in [6.07, 6.45) is 5.84. The van der Waals surface area contributed by atoms with Crippen molar-refractivity contribution in [3.8, 4) is 0 Å². The van der Waals surface area contributed by atoms with Gasteiger partial charge in [-0.3, -0.25) is 0 Å². The molecule has 1 fully saturated rings. The molecular formula is C14H24O4. The van der Waals surface area contributed by atoms with Gasteiger partial charge in [0.05, 0.1) is 12.7 Å². The van der Waals surface area contributed by atoms with Crippen molar-refractivity contribution in [3.05, 3.63) is 12.2 Å². The molecule has 0 aliphatic carbocycles. The van der Waals surface area contributed by atoms with E-state index in [4.69, 9.17) is 14.2 Å². The molecule has 1 aliphatic heterocycles. The molecular weight excluding hydrogens is 232 g/mol. The molecule has 18 heavy (non-hydrogen) atoms. The molecule has 4 nitrogen and oxygen atoms in total. The Morgan fingerprint density at radius 1 is 1.39 bits per heavy atom. The zero-order valence-electron chi connectivity index (χ0n) is 11.8. The number of carbonyl (C=O) groups excluding carboxylic acids is 1. The Hall–Kier alpha value is -1.03. The third-order valence-corrected chi connectivity index (χ3v) is 2.56. The van der Waals surface area contributed by atoms with Gasteiger partial charge in [-0.15, -0.1) is 0 Å². The second-order valence-electron chi connectivity index (χ2n) is 5.43. The lowest BCUT2D eigenvalue weighted by Crippen LogP contribution is -2.31. The highest BCUT2D eigenvalue weighted by atomic mass is 16.7. The summed E-state index contributed by atoms with van der Waals surface area (Å²) in [5, 5.41) is 0. The largest absolute Gasteiger partial charge is 0.509 e. The summed E-state index contributed by atoms with van der Waals surface area (Å²) in [7, 11) is 0. The van der Waals surface area contributed by atoms with Crippen LogP contribution in [0.2, 0.25) is 0 Å². The first kappa shape index (κ1) is 15.0. The topological polar surface area (TPSA) is 44.8 Å². The van der Waals surface area contributed by atoms with Gasteiger partial charge in [0.15, 0.2) is 0 Å². The van der Waals surface area contributed by atoms with E-state index in [2.05, 4.69) is 19.1 Å². The molecule has 104 valence electrons. The molecule has 0 aromatic rings. The minimum absolute atomic E-state index is 0.0414. The quantitative estimate of drug-likeness (QED) is 0.571. The zero-order chi connectivity index (χ0) is 13.6. The molecule has 1 heterocycles. The minimum Gasteiger partial charge on any atom is -0.429 e. The highest BCUT2D eigenvalue weighted by Crippen LogP contribution is 2.22. The van der Waals surface area contributed by atoms with Gasteiger partial charge < -0.3 is 14.2 Å². The van der Waals surface area contributed by atoms with Crippen LogP contribution in [-0.4, -0.2) is 30.6 Å². The van der Waals surface area contributed by atoms with Crippen molar-refractivity contribution < 1.29 is 19.0 Å². The van der Waals surface area contributed by atoms with Gasteiger partial charge in [0.1, 0.15) is 11.7 Å². The first-order chi connectivity index (χ1) is 8.42. The number of ether oxygens (including phenoxy) is 3. The average Bonchev–Trinajstić information content (AvgIpc) is 2.63. The summed E-state index contributed by atoms with van der Waals surface area (Å²) < 4.78 is 16.0. The van der Waals surface area contributed by atoms with Gasteiger partial charge in [-0.2, -0.15) is 0 Å². The van der Waals surface area contributed by atoms with E-state index in [1.54, 1.807) is 0 Å². The summed E-state index contributed by atoms with van der Waals surface area (Å²) >= 11 is 0. The van der Waals surface area contributed by atoms with Crippen LogP contribution in [0.4, 0.5) is 4.79 Å². The van der Waals surface area contributed by atoms with Crippen LogP contribution in [0.15, 0.2) is 12.2 Å². The number of hydrogen-bond donors (Lipinski definition) is 0. The maximum atomic E-state index is 11.6. The smallest absolute Gasteiger partial charge is 0.429 e. The number of carbonyl (C=O) groups is 1. The van der Waals surface area contributed by atoms with Crippen LogP contribution in [0.3, 0.4) is 0 Å². The lowest BCUT2D eigenvalue weighted by atomic mass is 10.1. The zero-order valence-corrected chi connectivity index (χ0v) is 11.8. The molecule has 0 N–H and O–H groups in total. The average molecular weight is 256 g/mol. The first-order valence-corrected chi connectivity index (χ1v) is 6.58. The van der Waals surface area contributed by atoms with Gasteiger partial charge in [0, 0.05) is 6.42 Å². The van der Waals surface area contributed by atoms with E-state index in [1.165, 1.54) is 0 Å². The van der Waals surface area contributed by atoms with E-state index in [9.17, 15) is 4.79 Å². The van der Waals surface area contributed by atoms with Crippen LogP contribution >= 0.6 is 0 Å². The molecule has 1 aliphatic rings. The Kier molecular flexibility index (Phi) is 5.66. The highest BCUT2D eigenvalue weighted by molar-refractivity contribution is 5.60. The number of hydrogen-bond acceptors (Lipinski definition) is 4. The van der Waals surface area contributed by atoms with E-state index in [1.807, 2.05) is 20.8 Å². The van der Waals surface area contributed by atoms with Crippen molar-refractivity contribution in [3.63, 3.8) is 0 Å². The summed E-state index contributed by atoms with van der Waals surface area (Å²) in [6, 6.07) is 0. The van der Waals surface area contributed by atoms with Crippen molar-refractivity contribution in [1.29, 1.82) is 0 Å². The van der Waals surface area contributed by atoms with Crippen molar-refractivity contribution in [1.82, 2.24) is 0 Å². The molecule has 0 saturated carbocycles. The molecule has 0 aromatic heterocycles. The molecule has 2 unspecified atom stereocenters. The Bertz CT molecular complexity index is 291. The van der Waals surface area contributed by atoms with Gasteiger partial charge in [-0.25, -0.2) is 4.79 Å². The van der Waals surface area contributed by atoms with Gasteiger partial charge in [-0.05, 0) is 33.6 Å². The van der Waals surface area contributed by atoms with Crippen LogP contribution in [-0.2, 0) is 14.2 Å². The Morgan fingerprint density at radius 2 is 2.11 bits per heavy atom. The standard InChI is InChI=1S/C14H24O4/c1-5-6-7-8-11-12(9-10-16-11)17-13(15)18-14(2,3)4/h6-7,11-12H,5,8-10H2,1-4H3/b7-6-. The number of allylic oxidation sites excluding steroid dienone is 1. The fourth-order valence-corrected chi connectivity index (χ4v) is 1.78. The third-order valence-electron chi connectivity index (χ3n) is 2.56. The Labute approximate surface area is 109 Å². The van der Waals surface area contributed by atoms with Crippen molar-refractivity contribution in [2.75, 3.05) is 6.61 Å². The molecule has 0 radical (unpaired) electrons. The Balaban J connectivity index is 2.40. The van der Waals surface area contributed by atoms with Crippen LogP contribution in [0.5, 0.6) is 0 Å². The van der Waals surface area contributed by atoms with E-state index >= 15 is 0 Å². The third kappa shape index (κ3) is 5.54. The van der Waals surface area contributed by atoms with Gasteiger partial charge in [0.25, 0.3) is 0 Å². The van der Waals surface area contributed by atoms with Crippen molar-refractivity contribution >= 4 is 6.16 Å². The predicted molar refractivity (Wildman–Crippen MR) is 69.5 cm³/mol. The monoisotopic (exact) mass is 256 g/mol. The lowest BCUT2D eigenvalue weighted by molar-refractivity contribution is -0.0434. The fourth-order valence-electron chi connectivity index (χ4n) is 1.78. The van der Waals surface area contributed by atoms with E-state index in [0.717, 1.165) is 19.3 Å². The normalized spacial score (nSPS) is 24.4. The van der Waals surface area contributed by atoms with Gasteiger partial charge in [-0.1, -0.05) is 19.1 Å².